The number of rotatable bonds is 6. The average Bonchev–Trinajstić information content (AvgIpc) is 2.82. The number of aryl methyl sites for hydroxylation is 1. The molecule has 2 heterocycles. The normalized spacial score (nSPS) is 12.6. The summed E-state index contributed by atoms with van der Waals surface area (Å²) in [6.07, 6.45) is 6.02. The molecular formula is C14H19N3O2S. The number of carbonyl (C=O) groups excluding carboxylic acids is 1. The molecule has 2 rings (SSSR count). The fourth-order valence-corrected chi connectivity index (χ4v) is 2.72. The second kappa shape index (κ2) is 6.76. The van der Waals surface area contributed by atoms with Gasteiger partial charge in [0.1, 0.15) is 11.3 Å². The van der Waals surface area contributed by atoms with Gasteiger partial charge in [0.25, 0.3) is 5.91 Å². The summed E-state index contributed by atoms with van der Waals surface area (Å²) in [7, 11) is 0. The van der Waals surface area contributed by atoms with Crippen LogP contribution in [0, 0.1) is 6.92 Å². The number of pyridine rings is 1. The number of fused-ring (bicyclic) bond motifs is 1. The maximum absolute atomic E-state index is 12.3. The molecule has 0 fully saturated rings. The van der Waals surface area contributed by atoms with Crippen LogP contribution in [0.5, 0.6) is 0 Å². The van der Waals surface area contributed by atoms with E-state index in [2.05, 4.69) is 10.3 Å². The van der Waals surface area contributed by atoms with Gasteiger partial charge >= 0.3 is 0 Å². The molecule has 6 heteroatoms. The first-order chi connectivity index (χ1) is 9.65. The molecule has 0 aliphatic carbocycles. The predicted molar refractivity (Wildman–Crippen MR) is 81.3 cm³/mol. The number of hydrogen-bond acceptors (Lipinski definition) is 4. The van der Waals surface area contributed by atoms with Crippen molar-refractivity contribution >= 4 is 23.3 Å². The van der Waals surface area contributed by atoms with Crippen LogP contribution in [0.4, 0.5) is 0 Å². The van der Waals surface area contributed by atoms with Crippen molar-refractivity contribution in [2.75, 3.05) is 18.6 Å². The molecule has 1 atom stereocenters. The molecule has 0 aromatic carbocycles. The third-order valence-electron chi connectivity index (χ3n) is 3.07. The summed E-state index contributed by atoms with van der Waals surface area (Å²) >= 11 is 1.65. The average molecular weight is 293 g/mol. The van der Waals surface area contributed by atoms with E-state index >= 15 is 0 Å². The van der Waals surface area contributed by atoms with Crippen molar-refractivity contribution in [2.45, 2.75) is 19.4 Å². The van der Waals surface area contributed by atoms with Crippen LogP contribution >= 0.6 is 11.8 Å². The van der Waals surface area contributed by atoms with Gasteiger partial charge in [0, 0.05) is 24.6 Å². The Labute approximate surface area is 122 Å². The van der Waals surface area contributed by atoms with E-state index in [1.54, 1.807) is 22.4 Å². The van der Waals surface area contributed by atoms with Crippen LogP contribution in [0.2, 0.25) is 0 Å². The van der Waals surface area contributed by atoms with E-state index in [0.717, 1.165) is 17.0 Å². The number of aromatic nitrogens is 2. The maximum atomic E-state index is 12.3. The second-order valence-corrected chi connectivity index (χ2v) is 5.63. The molecule has 2 aromatic rings. The van der Waals surface area contributed by atoms with E-state index in [4.69, 9.17) is 5.11 Å². The molecule has 0 aliphatic rings. The summed E-state index contributed by atoms with van der Waals surface area (Å²) in [6.45, 7) is 2.04. The molecule has 5 nitrogen and oxygen atoms in total. The first-order valence-electron chi connectivity index (χ1n) is 6.50. The molecule has 0 aliphatic heterocycles. The van der Waals surface area contributed by atoms with Crippen LogP contribution in [0.1, 0.15) is 22.5 Å². The first kappa shape index (κ1) is 14.9. The van der Waals surface area contributed by atoms with E-state index < -0.39 is 0 Å². The largest absolute Gasteiger partial charge is 0.396 e. The zero-order valence-electron chi connectivity index (χ0n) is 11.7. The van der Waals surface area contributed by atoms with Gasteiger partial charge in [0.05, 0.1) is 6.20 Å². The summed E-state index contributed by atoms with van der Waals surface area (Å²) in [6, 6.07) is 3.82. The van der Waals surface area contributed by atoms with Crippen molar-refractivity contribution in [2.24, 2.45) is 0 Å². The minimum Gasteiger partial charge on any atom is -0.396 e. The summed E-state index contributed by atoms with van der Waals surface area (Å²) in [5, 5.41) is 12.0. The molecule has 2 N–H and O–H groups in total. The lowest BCUT2D eigenvalue weighted by Crippen LogP contribution is -2.37. The monoisotopic (exact) mass is 293 g/mol. The van der Waals surface area contributed by atoms with E-state index in [1.807, 2.05) is 31.5 Å². The smallest absolute Gasteiger partial charge is 0.270 e. The van der Waals surface area contributed by atoms with Gasteiger partial charge in [-0.15, -0.1) is 0 Å². The van der Waals surface area contributed by atoms with Gasteiger partial charge in [-0.25, -0.2) is 4.98 Å². The summed E-state index contributed by atoms with van der Waals surface area (Å²) in [5.41, 5.74) is 2.35. The van der Waals surface area contributed by atoms with Gasteiger partial charge in [0.15, 0.2) is 0 Å². The SMILES string of the molecule is CSCC(CCO)NC(=O)c1cnc2ccc(C)cn12. The molecule has 20 heavy (non-hydrogen) atoms. The zero-order valence-corrected chi connectivity index (χ0v) is 12.5. The summed E-state index contributed by atoms with van der Waals surface area (Å²) in [5.74, 6) is 0.623. The molecule has 1 amide bonds. The molecule has 0 saturated heterocycles. The molecule has 0 radical (unpaired) electrons. The number of hydrogen-bond donors (Lipinski definition) is 2. The highest BCUT2D eigenvalue weighted by molar-refractivity contribution is 7.98. The fourth-order valence-electron chi connectivity index (χ4n) is 2.07. The minimum absolute atomic E-state index is 0.0298. The third-order valence-corrected chi connectivity index (χ3v) is 3.80. The Morgan fingerprint density at radius 2 is 2.35 bits per heavy atom. The zero-order chi connectivity index (χ0) is 14.5. The number of imidazole rings is 1. The van der Waals surface area contributed by atoms with E-state index in [-0.39, 0.29) is 18.6 Å². The Hall–Kier alpha value is -1.53. The van der Waals surface area contributed by atoms with Gasteiger partial charge in [-0.2, -0.15) is 11.8 Å². The van der Waals surface area contributed by atoms with Gasteiger partial charge in [-0.1, -0.05) is 6.07 Å². The number of aliphatic hydroxyl groups excluding tert-OH is 1. The van der Waals surface area contributed by atoms with Crippen LogP contribution in [0.15, 0.2) is 24.5 Å². The predicted octanol–water partition coefficient (Wildman–Crippen LogP) is 1.49. The number of carbonyl (C=O) groups is 1. The Morgan fingerprint density at radius 3 is 3.05 bits per heavy atom. The van der Waals surface area contributed by atoms with Crippen molar-refractivity contribution in [1.29, 1.82) is 0 Å². The number of nitrogens with zero attached hydrogens (tertiary/aromatic N) is 2. The lowest BCUT2D eigenvalue weighted by molar-refractivity contribution is 0.0929. The summed E-state index contributed by atoms with van der Waals surface area (Å²) < 4.78 is 1.79. The van der Waals surface area contributed by atoms with Crippen molar-refractivity contribution < 1.29 is 9.90 Å². The first-order valence-corrected chi connectivity index (χ1v) is 7.89. The Kier molecular flexibility index (Phi) is 5.03. The van der Waals surface area contributed by atoms with E-state index in [0.29, 0.717) is 12.1 Å². The van der Waals surface area contributed by atoms with Crippen LogP contribution in [0.3, 0.4) is 0 Å². The minimum atomic E-state index is -0.157. The fraction of sp³-hybridized carbons (Fsp3) is 0.429. The standard InChI is InChI=1S/C14H19N3O2S/c1-10-3-4-13-15-7-12(17(13)8-10)14(19)16-11(5-6-18)9-20-2/h3-4,7-8,11,18H,5-6,9H2,1-2H3,(H,16,19). The van der Waals surface area contributed by atoms with Gasteiger partial charge in [-0.3, -0.25) is 9.20 Å². The molecule has 2 aromatic heterocycles. The van der Waals surface area contributed by atoms with Gasteiger partial charge in [-0.05, 0) is 31.2 Å². The van der Waals surface area contributed by atoms with E-state index in [1.165, 1.54) is 0 Å². The highest BCUT2D eigenvalue weighted by Crippen LogP contribution is 2.10. The van der Waals surface area contributed by atoms with Crippen molar-refractivity contribution in [3.63, 3.8) is 0 Å². The van der Waals surface area contributed by atoms with E-state index in [9.17, 15) is 4.79 Å². The van der Waals surface area contributed by atoms with Crippen LogP contribution in [-0.2, 0) is 0 Å². The number of thioether (sulfide) groups is 1. The van der Waals surface area contributed by atoms with Crippen LogP contribution in [-0.4, -0.2) is 45.1 Å². The Morgan fingerprint density at radius 1 is 1.55 bits per heavy atom. The Balaban J connectivity index is 2.20. The van der Waals surface area contributed by atoms with Crippen molar-refractivity contribution in [3.05, 3.63) is 35.8 Å². The molecule has 0 saturated carbocycles. The highest BCUT2D eigenvalue weighted by Gasteiger charge is 2.16. The number of aliphatic hydroxyl groups is 1. The van der Waals surface area contributed by atoms with Gasteiger partial charge in [0.2, 0.25) is 0 Å². The number of amides is 1. The third kappa shape index (κ3) is 3.32. The van der Waals surface area contributed by atoms with Crippen LogP contribution in [0.25, 0.3) is 5.65 Å². The molecule has 108 valence electrons. The molecule has 0 spiro atoms. The molecule has 1 unspecified atom stereocenters. The lowest BCUT2D eigenvalue weighted by Gasteiger charge is -2.16. The van der Waals surface area contributed by atoms with Crippen molar-refractivity contribution in [3.8, 4) is 0 Å². The lowest BCUT2D eigenvalue weighted by atomic mass is 10.2. The highest BCUT2D eigenvalue weighted by atomic mass is 32.2. The molecule has 0 bridgehead atoms. The quantitative estimate of drug-likeness (QED) is 0.847. The second-order valence-electron chi connectivity index (χ2n) is 4.72. The van der Waals surface area contributed by atoms with Gasteiger partial charge < -0.3 is 10.4 Å². The summed E-state index contributed by atoms with van der Waals surface area (Å²) in [4.78, 5) is 16.6. The Bertz CT molecular complexity index is 591. The maximum Gasteiger partial charge on any atom is 0.270 e. The van der Waals surface area contributed by atoms with Crippen LogP contribution < -0.4 is 5.32 Å². The number of nitrogens with one attached hydrogen (secondary N) is 1. The van der Waals surface area contributed by atoms with Crippen molar-refractivity contribution in [1.82, 2.24) is 14.7 Å². The molecular weight excluding hydrogens is 274 g/mol. The topological polar surface area (TPSA) is 66.6 Å².